The van der Waals surface area contributed by atoms with E-state index in [4.69, 9.17) is 4.74 Å². The number of ether oxygens (including phenoxy) is 1. The maximum absolute atomic E-state index is 12.5. The Kier molecular flexibility index (Phi) is 5.19. The lowest BCUT2D eigenvalue weighted by Crippen LogP contribution is -2.37. The van der Waals surface area contributed by atoms with Crippen LogP contribution in [-0.2, 0) is 16.1 Å². The van der Waals surface area contributed by atoms with Crippen molar-refractivity contribution in [1.82, 2.24) is 4.90 Å². The van der Waals surface area contributed by atoms with Crippen molar-refractivity contribution in [2.75, 3.05) is 13.1 Å². The molecule has 0 radical (unpaired) electrons. The Balaban J connectivity index is 1.60. The third kappa shape index (κ3) is 3.78. The van der Waals surface area contributed by atoms with E-state index in [0.29, 0.717) is 18.4 Å². The van der Waals surface area contributed by atoms with Crippen molar-refractivity contribution in [1.29, 1.82) is 0 Å². The van der Waals surface area contributed by atoms with E-state index in [1.165, 1.54) is 6.42 Å². The number of carbonyl (C=O) groups is 2. The summed E-state index contributed by atoms with van der Waals surface area (Å²) in [6.07, 6.45) is 5.95. The molecule has 1 aromatic carbocycles. The summed E-state index contributed by atoms with van der Waals surface area (Å²) in [7, 11) is 0. The van der Waals surface area contributed by atoms with Crippen LogP contribution in [-0.4, -0.2) is 40.6 Å². The predicted molar refractivity (Wildman–Crippen MR) is 89.4 cm³/mol. The fourth-order valence-corrected chi connectivity index (χ4v) is 3.52. The van der Waals surface area contributed by atoms with Crippen LogP contribution in [0.2, 0.25) is 0 Å². The fraction of sp³-hybridized carbons (Fsp3) is 0.579. The molecule has 0 unspecified atom stereocenters. The number of nitrogens with zero attached hydrogens (tertiary/aromatic N) is 1. The summed E-state index contributed by atoms with van der Waals surface area (Å²) in [4.78, 5) is 26.5. The molecule has 1 aromatic rings. The smallest absolute Gasteiger partial charge is 0.338 e. The van der Waals surface area contributed by atoms with Gasteiger partial charge in [-0.15, -0.1) is 0 Å². The zero-order chi connectivity index (χ0) is 17.0. The first-order valence-corrected chi connectivity index (χ1v) is 8.86. The number of carbonyl (C=O) groups excluding carboxylic acids is 2. The lowest BCUT2D eigenvalue weighted by atomic mass is 10.0. The summed E-state index contributed by atoms with van der Waals surface area (Å²) in [5.41, 5.74) is 0.0825. The van der Waals surface area contributed by atoms with E-state index in [1.54, 1.807) is 12.1 Å². The van der Waals surface area contributed by atoms with Crippen molar-refractivity contribution >= 4 is 11.9 Å². The van der Waals surface area contributed by atoms with E-state index in [1.807, 2.05) is 17.0 Å². The molecular formula is C19H25NO4. The summed E-state index contributed by atoms with van der Waals surface area (Å²) < 4.78 is 5.28. The van der Waals surface area contributed by atoms with Gasteiger partial charge in [0.2, 0.25) is 0 Å². The number of hydrogen-bond acceptors (Lipinski definition) is 4. The minimum atomic E-state index is -1.32. The molecule has 1 saturated carbocycles. The number of piperidine rings is 1. The van der Waals surface area contributed by atoms with Gasteiger partial charge in [-0.1, -0.05) is 12.1 Å². The number of aliphatic hydroxyl groups is 1. The lowest BCUT2D eigenvalue weighted by molar-refractivity contribution is -0.166. The van der Waals surface area contributed by atoms with Gasteiger partial charge in [-0.3, -0.25) is 4.79 Å². The van der Waals surface area contributed by atoms with Gasteiger partial charge in [0, 0.05) is 18.7 Å². The number of amides is 1. The Morgan fingerprint density at radius 1 is 1.08 bits per heavy atom. The van der Waals surface area contributed by atoms with E-state index in [-0.39, 0.29) is 12.5 Å². The second kappa shape index (κ2) is 7.34. The molecule has 1 aliphatic heterocycles. The molecule has 5 heteroatoms. The molecule has 0 bridgehead atoms. The van der Waals surface area contributed by atoms with Crippen LogP contribution in [0.4, 0.5) is 0 Å². The molecule has 2 fully saturated rings. The molecule has 1 heterocycles. The average molecular weight is 331 g/mol. The molecule has 0 aromatic heterocycles. The van der Waals surface area contributed by atoms with Gasteiger partial charge >= 0.3 is 5.97 Å². The third-order valence-corrected chi connectivity index (χ3v) is 5.00. The van der Waals surface area contributed by atoms with E-state index in [9.17, 15) is 14.7 Å². The molecule has 1 amide bonds. The standard InChI is InChI=1S/C19H25NO4/c21-17(20-11-4-1-5-12-20)16-8-6-7-15(13-16)14-24-18(22)19(23)9-2-3-10-19/h6-8,13,23H,1-5,9-12,14H2. The van der Waals surface area contributed by atoms with Crippen molar-refractivity contribution < 1.29 is 19.4 Å². The Labute approximate surface area is 142 Å². The molecule has 0 atom stereocenters. The van der Waals surface area contributed by atoms with Gasteiger partial charge in [0.05, 0.1) is 0 Å². The fourth-order valence-electron chi connectivity index (χ4n) is 3.52. The first-order valence-electron chi connectivity index (χ1n) is 8.86. The highest BCUT2D eigenvalue weighted by Gasteiger charge is 2.40. The number of likely N-dealkylation sites (tertiary alicyclic amines) is 1. The van der Waals surface area contributed by atoms with Gasteiger partial charge in [0.25, 0.3) is 5.91 Å². The second-order valence-electron chi connectivity index (χ2n) is 6.87. The Morgan fingerprint density at radius 2 is 1.79 bits per heavy atom. The van der Waals surface area contributed by atoms with Crippen molar-refractivity contribution in [3.63, 3.8) is 0 Å². The van der Waals surface area contributed by atoms with Gasteiger partial charge < -0.3 is 14.7 Å². The molecule has 1 saturated heterocycles. The summed E-state index contributed by atoms with van der Waals surface area (Å²) in [6.45, 7) is 1.71. The SMILES string of the molecule is O=C(c1cccc(COC(=O)C2(O)CCCC2)c1)N1CCCCC1. The monoisotopic (exact) mass is 331 g/mol. The van der Waals surface area contributed by atoms with Gasteiger partial charge in [-0.05, 0) is 62.6 Å². The van der Waals surface area contributed by atoms with Crippen LogP contribution >= 0.6 is 0 Å². The van der Waals surface area contributed by atoms with Gasteiger partial charge in [-0.2, -0.15) is 0 Å². The number of hydrogen-bond donors (Lipinski definition) is 1. The van der Waals surface area contributed by atoms with Gasteiger partial charge in [0.15, 0.2) is 5.60 Å². The highest BCUT2D eigenvalue weighted by molar-refractivity contribution is 5.94. The zero-order valence-corrected chi connectivity index (χ0v) is 14.0. The van der Waals surface area contributed by atoms with Crippen molar-refractivity contribution in [3.05, 3.63) is 35.4 Å². The second-order valence-corrected chi connectivity index (χ2v) is 6.87. The molecule has 3 rings (SSSR count). The van der Waals surface area contributed by atoms with Crippen LogP contribution in [0.1, 0.15) is 60.9 Å². The van der Waals surface area contributed by atoms with E-state index in [2.05, 4.69) is 0 Å². The molecule has 1 aliphatic carbocycles. The summed E-state index contributed by atoms with van der Waals surface area (Å²) in [6, 6.07) is 7.22. The van der Waals surface area contributed by atoms with Crippen LogP contribution in [0, 0.1) is 0 Å². The highest BCUT2D eigenvalue weighted by Crippen LogP contribution is 2.30. The molecule has 0 spiro atoms. The van der Waals surface area contributed by atoms with Crippen molar-refractivity contribution in [2.24, 2.45) is 0 Å². The number of benzene rings is 1. The Bertz CT molecular complexity index is 601. The summed E-state index contributed by atoms with van der Waals surface area (Å²) in [5, 5.41) is 10.2. The number of rotatable bonds is 4. The molecule has 130 valence electrons. The maximum Gasteiger partial charge on any atom is 0.338 e. The van der Waals surface area contributed by atoms with Crippen LogP contribution < -0.4 is 0 Å². The Hall–Kier alpha value is -1.88. The largest absolute Gasteiger partial charge is 0.459 e. The topological polar surface area (TPSA) is 66.8 Å². The van der Waals surface area contributed by atoms with Crippen LogP contribution in [0.3, 0.4) is 0 Å². The molecule has 2 aliphatic rings. The predicted octanol–water partition coefficient (Wildman–Crippen LogP) is 2.66. The Morgan fingerprint density at radius 3 is 2.50 bits per heavy atom. The van der Waals surface area contributed by atoms with Crippen molar-refractivity contribution in [3.8, 4) is 0 Å². The molecule has 5 nitrogen and oxygen atoms in total. The van der Waals surface area contributed by atoms with Crippen molar-refractivity contribution in [2.45, 2.75) is 57.2 Å². The van der Waals surface area contributed by atoms with Gasteiger partial charge in [0.1, 0.15) is 6.61 Å². The van der Waals surface area contributed by atoms with E-state index in [0.717, 1.165) is 44.3 Å². The quantitative estimate of drug-likeness (QED) is 0.862. The van der Waals surface area contributed by atoms with Gasteiger partial charge in [-0.25, -0.2) is 4.79 Å². The minimum absolute atomic E-state index is 0.0392. The van der Waals surface area contributed by atoms with Crippen LogP contribution in [0.5, 0.6) is 0 Å². The molecule has 1 N–H and O–H groups in total. The third-order valence-electron chi connectivity index (χ3n) is 5.00. The maximum atomic E-state index is 12.5. The lowest BCUT2D eigenvalue weighted by Gasteiger charge is -2.26. The van der Waals surface area contributed by atoms with E-state index < -0.39 is 11.6 Å². The minimum Gasteiger partial charge on any atom is -0.459 e. The first kappa shape index (κ1) is 17.0. The average Bonchev–Trinajstić information content (AvgIpc) is 3.08. The summed E-state index contributed by atoms with van der Waals surface area (Å²) >= 11 is 0. The normalized spacial score (nSPS) is 20.0. The first-order chi connectivity index (χ1) is 11.6. The number of esters is 1. The molecule has 24 heavy (non-hydrogen) atoms. The zero-order valence-electron chi connectivity index (χ0n) is 14.0. The summed E-state index contributed by atoms with van der Waals surface area (Å²) in [5.74, 6) is -0.509. The molecular weight excluding hydrogens is 306 g/mol. The van der Waals surface area contributed by atoms with Crippen LogP contribution in [0.15, 0.2) is 24.3 Å². The van der Waals surface area contributed by atoms with Crippen LogP contribution in [0.25, 0.3) is 0 Å². The van der Waals surface area contributed by atoms with E-state index >= 15 is 0 Å². The highest BCUT2D eigenvalue weighted by atomic mass is 16.5.